The minimum absolute atomic E-state index is 0.219. The van der Waals surface area contributed by atoms with E-state index in [0.29, 0.717) is 6.61 Å². The number of anilines is 1. The van der Waals surface area contributed by atoms with Gasteiger partial charge in [0.2, 0.25) is 0 Å². The summed E-state index contributed by atoms with van der Waals surface area (Å²) in [5.41, 5.74) is 4.68. The van der Waals surface area contributed by atoms with E-state index in [4.69, 9.17) is 4.74 Å². The van der Waals surface area contributed by atoms with Gasteiger partial charge in [0.25, 0.3) is 0 Å². The van der Waals surface area contributed by atoms with E-state index < -0.39 is 0 Å². The molecule has 0 fully saturated rings. The van der Waals surface area contributed by atoms with Crippen molar-refractivity contribution >= 4 is 5.69 Å². The first-order valence-electron chi connectivity index (χ1n) is 10.3. The van der Waals surface area contributed by atoms with Crippen LogP contribution in [0.2, 0.25) is 0 Å². The highest BCUT2D eigenvalue weighted by molar-refractivity contribution is 5.51. The number of aromatic nitrogens is 2. The maximum absolute atomic E-state index is 5.88. The molecule has 0 amide bonds. The van der Waals surface area contributed by atoms with Crippen LogP contribution in [0.15, 0.2) is 30.5 Å². The van der Waals surface area contributed by atoms with Gasteiger partial charge in [-0.15, -0.1) is 0 Å². The molecule has 0 radical (unpaired) electrons. The molecule has 0 aliphatic rings. The molecule has 1 aromatic heterocycles. The summed E-state index contributed by atoms with van der Waals surface area (Å²) in [5.74, 6) is 0.823. The Kier molecular flexibility index (Phi) is 8.87. The van der Waals surface area contributed by atoms with E-state index >= 15 is 0 Å². The second kappa shape index (κ2) is 11.1. The molecule has 1 atom stereocenters. The molecular formula is C23H36N4O. The van der Waals surface area contributed by atoms with E-state index in [1.165, 1.54) is 16.8 Å². The Hall–Kier alpha value is -1.98. The number of aryl methyl sites for hydroxylation is 2. The predicted molar refractivity (Wildman–Crippen MR) is 117 cm³/mol. The third-order valence-corrected chi connectivity index (χ3v) is 4.92. The number of hydrogen-bond acceptors (Lipinski definition) is 5. The fraction of sp³-hybridized carbons (Fsp3) is 0.565. The lowest BCUT2D eigenvalue weighted by Crippen LogP contribution is -2.28. The van der Waals surface area contributed by atoms with Crippen molar-refractivity contribution in [1.82, 2.24) is 14.9 Å². The average Bonchev–Trinajstić information content (AvgIpc) is 2.65. The van der Waals surface area contributed by atoms with Gasteiger partial charge < -0.3 is 14.5 Å². The summed E-state index contributed by atoms with van der Waals surface area (Å²) in [6.07, 6.45) is 4.11. The number of hydrogen-bond donors (Lipinski definition) is 0. The standard InChI is InChI=1S/C23H36N4O/c1-7-12-27(19(3)23-16-24-20(4)25-18(23)2)22-11-8-10-21(15-22)17-28-14-9-13-26(5)6/h8,10-11,15-16,19H,7,9,12-14,17H2,1-6H3. The number of rotatable bonds is 11. The first kappa shape index (κ1) is 22.3. The predicted octanol–water partition coefficient (Wildman–Crippen LogP) is 4.54. The molecule has 0 bridgehead atoms. The van der Waals surface area contributed by atoms with Gasteiger partial charge in [-0.05, 0) is 71.9 Å². The Labute approximate surface area is 170 Å². The summed E-state index contributed by atoms with van der Waals surface area (Å²) in [6, 6.07) is 8.93. The SMILES string of the molecule is CCCN(c1cccc(COCCCN(C)C)c1)C(C)c1cnc(C)nc1C. The summed E-state index contributed by atoms with van der Waals surface area (Å²) >= 11 is 0. The molecule has 0 aliphatic carbocycles. The topological polar surface area (TPSA) is 41.5 Å². The highest BCUT2D eigenvalue weighted by Gasteiger charge is 2.19. The van der Waals surface area contributed by atoms with E-state index in [9.17, 15) is 0 Å². The second-order valence-corrected chi connectivity index (χ2v) is 7.71. The van der Waals surface area contributed by atoms with Gasteiger partial charge in [0.15, 0.2) is 0 Å². The molecule has 1 aromatic carbocycles. The highest BCUT2D eigenvalue weighted by atomic mass is 16.5. The van der Waals surface area contributed by atoms with E-state index in [2.05, 4.69) is 78.9 Å². The molecule has 5 heteroatoms. The van der Waals surface area contributed by atoms with Crippen molar-refractivity contribution in [2.45, 2.75) is 53.2 Å². The molecular weight excluding hydrogens is 348 g/mol. The molecule has 0 saturated carbocycles. The number of ether oxygens (including phenoxy) is 1. The van der Waals surface area contributed by atoms with Crippen LogP contribution in [0.3, 0.4) is 0 Å². The minimum Gasteiger partial charge on any atom is -0.377 e. The summed E-state index contributed by atoms with van der Waals surface area (Å²) in [6.45, 7) is 12.0. The van der Waals surface area contributed by atoms with Crippen LogP contribution in [-0.4, -0.2) is 48.7 Å². The van der Waals surface area contributed by atoms with Crippen molar-refractivity contribution in [3.63, 3.8) is 0 Å². The zero-order valence-corrected chi connectivity index (χ0v) is 18.4. The molecule has 1 unspecified atom stereocenters. The van der Waals surface area contributed by atoms with Crippen LogP contribution < -0.4 is 4.90 Å². The van der Waals surface area contributed by atoms with Crippen molar-refractivity contribution < 1.29 is 4.74 Å². The lowest BCUT2D eigenvalue weighted by molar-refractivity contribution is 0.113. The molecule has 0 aliphatic heterocycles. The summed E-state index contributed by atoms with van der Waals surface area (Å²) in [4.78, 5) is 13.6. The maximum Gasteiger partial charge on any atom is 0.125 e. The highest BCUT2D eigenvalue weighted by Crippen LogP contribution is 2.29. The van der Waals surface area contributed by atoms with Crippen LogP contribution in [0, 0.1) is 13.8 Å². The Morgan fingerprint density at radius 3 is 2.61 bits per heavy atom. The smallest absolute Gasteiger partial charge is 0.125 e. The van der Waals surface area contributed by atoms with Gasteiger partial charge in [-0.3, -0.25) is 0 Å². The Morgan fingerprint density at radius 1 is 1.14 bits per heavy atom. The van der Waals surface area contributed by atoms with Crippen molar-refractivity contribution in [3.8, 4) is 0 Å². The Bertz CT molecular complexity index is 732. The molecule has 154 valence electrons. The number of benzene rings is 1. The largest absolute Gasteiger partial charge is 0.377 e. The first-order chi connectivity index (χ1) is 13.4. The van der Waals surface area contributed by atoms with Gasteiger partial charge in [-0.1, -0.05) is 19.1 Å². The third kappa shape index (κ3) is 6.57. The van der Waals surface area contributed by atoms with E-state index in [-0.39, 0.29) is 6.04 Å². The van der Waals surface area contributed by atoms with E-state index in [1.54, 1.807) is 0 Å². The third-order valence-electron chi connectivity index (χ3n) is 4.92. The van der Waals surface area contributed by atoms with Gasteiger partial charge in [0.1, 0.15) is 5.82 Å². The fourth-order valence-corrected chi connectivity index (χ4v) is 3.46. The van der Waals surface area contributed by atoms with Crippen LogP contribution in [0.25, 0.3) is 0 Å². The lowest BCUT2D eigenvalue weighted by Gasteiger charge is -2.32. The zero-order valence-electron chi connectivity index (χ0n) is 18.4. The van der Waals surface area contributed by atoms with Gasteiger partial charge >= 0.3 is 0 Å². The molecule has 1 heterocycles. The van der Waals surface area contributed by atoms with Gasteiger partial charge in [0, 0.05) is 36.3 Å². The van der Waals surface area contributed by atoms with Crippen molar-refractivity contribution in [3.05, 3.63) is 53.1 Å². The second-order valence-electron chi connectivity index (χ2n) is 7.71. The molecule has 28 heavy (non-hydrogen) atoms. The van der Waals surface area contributed by atoms with Crippen molar-refractivity contribution in [2.75, 3.05) is 38.7 Å². The van der Waals surface area contributed by atoms with Gasteiger partial charge in [-0.2, -0.15) is 0 Å². The Balaban J connectivity index is 2.10. The van der Waals surface area contributed by atoms with Crippen molar-refractivity contribution in [2.24, 2.45) is 0 Å². The van der Waals surface area contributed by atoms with Crippen LogP contribution in [0.4, 0.5) is 5.69 Å². The normalized spacial score (nSPS) is 12.4. The van der Waals surface area contributed by atoms with Crippen LogP contribution in [0.5, 0.6) is 0 Å². The molecule has 0 saturated heterocycles. The van der Waals surface area contributed by atoms with Crippen LogP contribution in [0.1, 0.15) is 55.4 Å². The minimum atomic E-state index is 0.219. The van der Waals surface area contributed by atoms with Gasteiger partial charge in [-0.25, -0.2) is 9.97 Å². The summed E-state index contributed by atoms with van der Waals surface area (Å²) in [5, 5.41) is 0. The molecule has 5 nitrogen and oxygen atoms in total. The average molecular weight is 385 g/mol. The van der Waals surface area contributed by atoms with E-state index in [1.807, 2.05) is 13.1 Å². The number of nitrogens with zero attached hydrogens (tertiary/aromatic N) is 4. The Morgan fingerprint density at radius 2 is 1.93 bits per heavy atom. The lowest BCUT2D eigenvalue weighted by atomic mass is 10.1. The van der Waals surface area contributed by atoms with Crippen LogP contribution >= 0.6 is 0 Å². The molecule has 2 aromatic rings. The molecule has 0 N–H and O–H groups in total. The quantitative estimate of drug-likeness (QED) is 0.532. The van der Waals surface area contributed by atoms with E-state index in [0.717, 1.165) is 44.1 Å². The first-order valence-corrected chi connectivity index (χ1v) is 10.3. The maximum atomic E-state index is 5.88. The fourth-order valence-electron chi connectivity index (χ4n) is 3.46. The molecule has 0 spiro atoms. The summed E-state index contributed by atoms with van der Waals surface area (Å²) in [7, 11) is 4.18. The monoisotopic (exact) mass is 384 g/mol. The summed E-state index contributed by atoms with van der Waals surface area (Å²) < 4.78 is 5.88. The van der Waals surface area contributed by atoms with Crippen LogP contribution in [-0.2, 0) is 11.3 Å². The van der Waals surface area contributed by atoms with Gasteiger partial charge in [0.05, 0.1) is 12.6 Å². The molecule has 2 rings (SSSR count). The van der Waals surface area contributed by atoms with Crippen molar-refractivity contribution in [1.29, 1.82) is 0 Å². The zero-order chi connectivity index (χ0) is 20.5.